The van der Waals surface area contributed by atoms with E-state index in [0.717, 1.165) is 15.6 Å². The lowest BCUT2D eigenvalue weighted by Crippen LogP contribution is -1.94. The van der Waals surface area contributed by atoms with Gasteiger partial charge in [-0.3, -0.25) is 0 Å². The van der Waals surface area contributed by atoms with Gasteiger partial charge in [0.2, 0.25) is 0 Å². The van der Waals surface area contributed by atoms with Gasteiger partial charge in [0.15, 0.2) is 0 Å². The lowest BCUT2D eigenvalue weighted by atomic mass is 9.98. The number of carboxylic acids is 1. The van der Waals surface area contributed by atoms with Crippen LogP contribution in [-0.4, -0.2) is 11.1 Å². The van der Waals surface area contributed by atoms with Gasteiger partial charge in [0.1, 0.15) is 0 Å². The minimum atomic E-state index is -0.947. The molecule has 0 atom stereocenters. The molecule has 0 fully saturated rings. The number of rotatable bonds is 3. The van der Waals surface area contributed by atoms with Gasteiger partial charge in [0.05, 0.1) is 0 Å². The van der Waals surface area contributed by atoms with Crippen LogP contribution in [-0.2, 0) is 4.79 Å². The van der Waals surface area contributed by atoms with Gasteiger partial charge < -0.3 is 5.11 Å². The fourth-order valence-corrected chi connectivity index (χ4v) is 1.97. The van der Waals surface area contributed by atoms with E-state index in [9.17, 15) is 4.79 Å². The third-order valence-corrected chi connectivity index (χ3v) is 3.04. The number of hydrogen-bond donors (Lipinski definition) is 1. The Morgan fingerprint density at radius 1 is 0.944 bits per heavy atom. The molecular weight excluding hydrogens is 292 g/mol. The van der Waals surface area contributed by atoms with E-state index in [4.69, 9.17) is 5.11 Å². The van der Waals surface area contributed by atoms with E-state index in [2.05, 4.69) is 15.9 Å². The molecule has 0 saturated heterocycles. The van der Waals surface area contributed by atoms with Gasteiger partial charge >= 0.3 is 5.97 Å². The molecule has 0 aliphatic heterocycles. The van der Waals surface area contributed by atoms with E-state index in [-0.39, 0.29) is 0 Å². The maximum Gasteiger partial charge on any atom is 0.328 e. The summed E-state index contributed by atoms with van der Waals surface area (Å²) in [4.78, 5) is 10.9. The van der Waals surface area contributed by atoms with Crippen LogP contribution in [0.5, 0.6) is 0 Å². The molecule has 0 aliphatic rings. The zero-order valence-electron chi connectivity index (χ0n) is 9.51. The number of halogens is 1. The largest absolute Gasteiger partial charge is 0.478 e. The van der Waals surface area contributed by atoms with Crippen LogP contribution in [0, 0.1) is 0 Å². The quantitative estimate of drug-likeness (QED) is 0.871. The summed E-state index contributed by atoms with van der Waals surface area (Å²) >= 11 is 3.37. The Labute approximate surface area is 114 Å². The van der Waals surface area contributed by atoms with Gasteiger partial charge in [-0.1, -0.05) is 58.4 Å². The topological polar surface area (TPSA) is 37.3 Å². The Bertz CT molecular complexity index is 571. The Kier molecular flexibility index (Phi) is 3.95. The molecule has 0 saturated carbocycles. The van der Waals surface area contributed by atoms with E-state index in [1.165, 1.54) is 6.08 Å². The zero-order valence-corrected chi connectivity index (χ0v) is 11.1. The molecule has 0 heterocycles. The summed E-state index contributed by atoms with van der Waals surface area (Å²) in [6.07, 6.45) is 1.23. The van der Waals surface area contributed by atoms with Crippen LogP contribution in [0.4, 0.5) is 0 Å². The van der Waals surface area contributed by atoms with Gasteiger partial charge in [-0.25, -0.2) is 4.79 Å². The van der Waals surface area contributed by atoms with Crippen molar-refractivity contribution < 1.29 is 9.90 Å². The fourth-order valence-electron chi connectivity index (χ4n) is 1.70. The minimum absolute atomic E-state index is 0.704. The number of aliphatic carboxylic acids is 1. The zero-order chi connectivity index (χ0) is 13.0. The van der Waals surface area contributed by atoms with Crippen molar-refractivity contribution in [1.82, 2.24) is 0 Å². The average molecular weight is 303 g/mol. The van der Waals surface area contributed by atoms with Crippen LogP contribution in [0.15, 0.2) is 65.1 Å². The van der Waals surface area contributed by atoms with Crippen molar-refractivity contribution in [3.05, 3.63) is 76.3 Å². The summed E-state index contributed by atoms with van der Waals surface area (Å²) in [6, 6.07) is 17.1. The van der Waals surface area contributed by atoms with E-state index >= 15 is 0 Å². The fraction of sp³-hybridized carbons (Fsp3) is 0. The Hall–Kier alpha value is -1.87. The third kappa shape index (κ3) is 3.08. The Morgan fingerprint density at radius 2 is 1.50 bits per heavy atom. The molecule has 0 aliphatic carbocycles. The molecule has 90 valence electrons. The second kappa shape index (κ2) is 5.65. The molecule has 18 heavy (non-hydrogen) atoms. The van der Waals surface area contributed by atoms with Gasteiger partial charge in [-0.2, -0.15) is 0 Å². The maximum absolute atomic E-state index is 10.9. The van der Waals surface area contributed by atoms with E-state index < -0.39 is 5.97 Å². The molecule has 2 nitrogen and oxygen atoms in total. The Morgan fingerprint density at radius 3 is 2.06 bits per heavy atom. The van der Waals surface area contributed by atoms with Crippen molar-refractivity contribution in [3.63, 3.8) is 0 Å². The highest BCUT2D eigenvalue weighted by atomic mass is 79.9. The van der Waals surface area contributed by atoms with Crippen molar-refractivity contribution in [1.29, 1.82) is 0 Å². The summed E-state index contributed by atoms with van der Waals surface area (Å²) in [5.41, 5.74) is 2.48. The first kappa shape index (κ1) is 12.6. The maximum atomic E-state index is 10.9. The highest BCUT2D eigenvalue weighted by molar-refractivity contribution is 9.10. The van der Waals surface area contributed by atoms with Crippen LogP contribution in [0.1, 0.15) is 11.1 Å². The number of hydrogen-bond acceptors (Lipinski definition) is 1. The van der Waals surface area contributed by atoms with Crippen LogP contribution in [0.3, 0.4) is 0 Å². The predicted molar refractivity (Wildman–Crippen MR) is 75.3 cm³/mol. The minimum Gasteiger partial charge on any atom is -0.478 e. The van der Waals surface area contributed by atoms with E-state index in [1.807, 2.05) is 54.6 Å². The summed E-state index contributed by atoms with van der Waals surface area (Å²) in [5, 5.41) is 8.98. The Balaban J connectivity index is 2.51. The van der Waals surface area contributed by atoms with Crippen molar-refractivity contribution in [2.24, 2.45) is 0 Å². The molecule has 0 spiro atoms. The van der Waals surface area contributed by atoms with Crippen molar-refractivity contribution in [3.8, 4) is 0 Å². The summed E-state index contributed by atoms with van der Waals surface area (Å²) < 4.78 is 0.967. The molecule has 2 aromatic rings. The van der Waals surface area contributed by atoms with E-state index in [0.29, 0.717) is 5.57 Å². The summed E-state index contributed by atoms with van der Waals surface area (Å²) in [6.45, 7) is 0. The molecule has 0 amide bonds. The molecule has 0 aromatic heterocycles. The molecule has 2 aromatic carbocycles. The molecule has 0 radical (unpaired) electrons. The first-order valence-corrected chi connectivity index (χ1v) is 6.22. The van der Waals surface area contributed by atoms with Crippen molar-refractivity contribution in [2.45, 2.75) is 0 Å². The standard InChI is InChI=1S/C15H11BrO2/c16-13-8-6-12(7-9-13)14(10-15(17)18)11-4-2-1-3-5-11/h1-10H,(H,17,18)/b14-10+. The second-order valence-corrected chi connectivity index (χ2v) is 4.68. The van der Waals surface area contributed by atoms with Gasteiger partial charge in [-0.05, 0) is 28.8 Å². The van der Waals surface area contributed by atoms with Crippen LogP contribution < -0.4 is 0 Å². The van der Waals surface area contributed by atoms with Crippen LogP contribution >= 0.6 is 15.9 Å². The van der Waals surface area contributed by atoms with E-state index in [1.54, 1.807) is 0 Å². The van der Waals surface area contributed by atoms with Crippen molar-refractivity contribution in [2.75, 3.05) is 0 Å². The predicted octanol–water partition coefficient (Wildman–Crippen LogP) is 3.97. The average Bonchev–Trinajstić information content (AvgIpc) is 2.38. The van der Waals surface area contributed by atoms with Gasteiger partial charge in [-0.15, -0.1) is 0 Å². The number of carbonyl (C=O) groups is 1. The number of benzene rings is 2. The second-order valence-electron chi connectivity index (χ2n) is 3.77. The number of carboxylic acid groups (broad SMARTS) is 1. The third-order valence-electron chi connectivity index (χ3n) is 2.51. The summed E-state index contributed by atoms with van der Waals surface area (Å²) in [7, 11) is 0. The molecule has 1 N–H and O–H groups in total. The highest BCUT2D eigenvalue weighted by Gasteiger charge is 2.06. The molecule has 3 heteroatoms. The molecular formula is C15H11BrO2. The van der Waals surface area contributed by atoms with Gasteiger partial charge in [0.25, 0.3) is 0 Å². The van der Waals surface area contributed by atoms with Crippen LogP contribution in [0.25, 0.3) is 5.57 Å². The SMILES string of the molecule is O=C(O)/C=C(\c1ccccc1)c1ccc(Br)cc1. The molecule has 0 bridgehead atoms. The first-order chi connectivity index (χ1) is 8.66. The lowest BCUT2D eigenvalue weighted by molar-refractivity contribution is -0.131. The van der Waals surface area contributed by atoms with Crippen LogP contribution in [0.2, 0.25) is 0 Å². The van der Waals surface area contributed by atoms with Gasteiger partial charge in [0, 0.05) is 10.5 Å². The highest BCUT2D eigenvalue weighted by Crippen LogP contribution is 2.24. The lowest BCUT2D eigenvalue weighted by Gasteiger charge is -2.07. The monoisotopic (exact) mass is 302 g/mol. The van der Waals surface area contributed by atoms with Crippen molar-refractivity contribution >= 4 is 27.5 Å². The molecule has 2 rings (SSSR count). The normalized spacial score (nSPS) is 11.3. The summed E-state index contributed by atoms with van der Waals surface area (Å²) in [5.74, 6) is -0.947. The smallest absolute Gasteiger partial charge is 0.328 e. The first-order valence-electron chi connectivity index (χ1n) is 5.43. The molecule has 0 unspecified atom stereocenters.